The van der Waals surface area contributed by atoms with Gasteiger partial charge in [0.1, 0.15) is 5.82 Å². The van der Waals surface area contributed by atoms with E-state index < -0.39 is 23.4 Å². The number of nitrogens with zero attached hydrogens (tertiary/aromatic N) is 3. The van der Waals surface area contributed by atoms with E-state index in [0.717, 1.165) is 28.5 Å². The quantitative estimate of drug-likeness (QED) is 0.692. The molecule has 0 aliphatic rings. The summed E-state index contributed by atoms with van der Waals surface area (Å²) in [5.74, 6) is -5.48. The summed E-state index contributed by atoms with van der Waals surface area (Å²) in [5, 5.41) is 16.1. The molecule has 0 fully saturated rings. The van der Waals surface area contributed by atoms with Crippen LogP contribution in [0.25, 0.3) is 5.69 Å². The van der Waals surface area contributed by atoms with E-state index in [0.29, 0.717) is 0 Å². The van der Waals surface area contributed by atoms with Crippen molar-refractivity contribution in [1.29, 1.82) is 0 Å². The van der Waals surface area contributed by atoms with Gasteiger partial charge in [-0.05, 0) is 19.1 Å². The highest BCUT2D eigenvalue weighted by Gasteiger charge is 2.20. The van der Waals surface area contributed by atoms with Crippen LogP contribution in [0, 0.1) is 24.4 Å². The highest BCUT2D eigenvalue weighted by atomic mass is 32.2. The van der Waals surface area contributed by atoms with E-state index in [1.54, 1.807) is 0 Å². The molecular weight excluding hydrogens is 295 g/mol. The highest BCUT2D eigenvalue weighted by Crippen LogP contribution is 2.25. The molecule has 0 spiro atoms. The maximum atomic E-state index is 13.8. The highest BCUT2D eigenvalue weighted by molar-refractivity contribution is 7.99. The normalized spacial score (nSPS) is 10.8. The van der Waals surface area contributed by atoms with Crippen LogP contribution < -0.4 is 0 Å². The summed E-state index contributed by atoms with van der Waals surface area (Å²) >= 11 is 0.797. The van der Waals surface area contributed by atoms with Crippen LogP contribution in [0.3, 0.4) is 0 Å². The molecule has 1 aromatic heterocycles. The average molecular weight is 303 g/mol. The van der Waals surface area contributed by atoms with Gasteiger partial charge in [0.25, 0.3) is 0 Å². The Kier molecular flexibility index (Phi) is 3.98. The molecule has 9 heteroatoms. The Balaban J connectivity index is 2.50. The summed E-state index contributed by atoms with van der Waals surface area (Å²) < 4.78 is 41.1. The molecule has 0 radical (unpaired) electrons. The number of carboxylic acids is 1. The lowest BCUT2D eigenvalue weighted by Gasteiger charge is -2.09. The van der Waals surface area contributed by atoms with Gasteiger partial charge in [0.2, 0.25) is 0 Å². The maximum Gasteiger partial charge on any atom is 0.313 e. The number of hydrogen-bond donors (Lipinski definition) is 1. The number of aryl methyl sites for hydroxylation is 1. The number of rotatable bonds is 4. The van der Waals surface area contributed by atoms with E-state index in [9.17, 15) is 18.0 Å². The zero-order valence-electron chi connectivity index (χ0n) is 10.1. The molecule has 0 atom stereocenters. The molecule has 0 bridgehead atoms. The Morgan fingerprint density at radius 1 is 1.30 bits per heavy atom. The van der Waals surface area contributed by atoms with Crippen LogP contribution in [0.15, 0.2) is 17.3 Å². The predicted octanol–water partition coefficient (Wildman–Crippen LogP) is 2.17. The maximum absolute atomic E-state index is 13.8. The number of thioether (sulfide) groups is 1. The van der Waals surface area contributed by atoms with Crippen LogP contribution in [-0.2, 0) is 4.79 Å². The fourth-order valence-corrected chi connectivity index (χ4v) is 2.24. The van der Waals surface area contributed by atoms with Gasteiger partial charge < -0.3 is 5.11 Å². The minimum Gasteiger partial charge on any atom is -0.481 e. The molecule has 0 saturated carbocycles. The van der Waals surface area contributed by atoms with Crippen molar-refractivity contribution in [1.82, 2.24) is 14.8 Å². The molecule has 0 unspecified atom stereocenters. The van der Waals surface area contributed by atoms with E-state index in [-0.39, 0.29) is 22.4 Å². The molecule has 0 saturated heterocycles. The van der Waals surface area contributed by atoms with Crippen molar-refractivity contribution >= 4 is 17.7 Å². The van der Waals surface area contributed by atoms with Crippen molar-refractivity contribution in [2.75, 3.05) is 5.75 Å². The van der Waals surface area contributed by atoms with Crippen LogP contribution in [0.2, 0.25) is 0 Å². The van der Waals surface area contributed by atoms with Gasteiger partial charge in [-0.1, -0.05) is 11.8 Å². The van der Waals surface area contributed by atoms with Gasteiger partial charge in [0, 0.05) is 0 Å². The molecule has 20 heavy (non-hydrogen) atoms. The number of halogens is 3. The third-order valence-electron chi connectivity index (χ3n) is 2.38. The van der Waals surface area contributed by atoms with E-state index in [1.165, 1.54) is 6.92 Å². The molecule has 0 aliphatic heterocycles. The van der Waals surface area contributed by atoms with Crippen LogP contribution in [0.5, 0.6) is 0 Å². The first-order valence-electron chi connectivity index (χ1n) is 5.32. The van der Waals surface area contributed by atoms with Gasteiger partial charge in [-0.25, -0.2) is 13.2 Å². The van der Waals surface area contributed by atoms with Crippen molar-refractivity contribution in [2.45, 2.75) is 12.1 Å². The predicted molar refractivity (Wildman–Crippen MR) is 64.3 cm³/mol. The Bertz CT molecular complexity index is 675. The lowest BCUT2D eigenvalue weighted by molar-refractivity contribution is -0.133. The Labute approximate surface area is 115 Å². The fraction of sp³-hybridized carbons (Fsp3) is 0.182. The Morgan fingerprint density at radius 2 is 2.00 bits per heavy atom. The number of aromatic nitrogens is 3. The molecule has 106 valence electrons. The largest absolute Gasteiger partial charge is 0.481 e. The summed E-state index contributed by atoms with van der Waals surface area (Å²) in [4.78, 5) is 10.5. The molecule has 0 aliphatic carbocycles. The Morgan fingerprint density at radius 3 is 2.65 bits per heavy atom. The van der Waals surface area contributed by atoms with Gasteiger partial charge in [-0.3, -0.25) is 9.36 Å². The van der Waals surface area contributed by atoms with E-state index >= 15 is 0 Å². The number of benzene rings is 1. The van der Waals surface area contributed by atoms with Crippen molar-refractivity contribution in [2.24, 2.45) is 0 Å². The lowest BCUT2D eigenvalue weighted by atomic mass is 10.2. The van der Waals surface area contributed by atoms with E-state index in [1.807, 2.05) is 0 Å². The standard InChI is InChI=1S/C11H8F3N3O2S/c1-5-15-16-11(20-4-8(18)19)17(5)7-3-2-6(12)9(13)10(7)14/h2-3H,4H2,1H3,(H,18,19). The topological polar surface area (TPSA) is 68.0 Å². The lowest BCUT2D eigenvalue weighted by Crippen LogP contribution is -2.06. The van der Waals surface area contributed by atoms with Crippen LogP contribution in [-0.4, -0.2) is 31.6 Å². The number of carbonyl (C=O) groups is 1. The van der Waals surface area contributed by atoms with Crippen LogP contribution >= 0.6 is 11.8 Å². The summed E-state index contributed by atoms with van der Waals surface area (Å²) in [6, 6.07) is 1.81. The van der Waals surface area contributed by atoms with E-state index in [2.05, 4.69) is 10.2 Å². The van der Waals surface area contributed by atoms with Crippen molar-refractivity contribution < 1.29 is 23.1 Å². The molecule has 1 N–H and O–H groups in total. The van der Waals surface area contributed by atoms with Crippen molar-refractivity contribution in [3.05, 3.63) is 35.4 Å². The monoisotopic (exact) mass is 303 g/mol. The third kappa shape index (κ3) is 2.62. The molecule has 1 aromatic carbocycles. The number of aliphatic carboxylic acids is 1. The molecule has 0 amide bonds. The first kappa shape index (κ1) is 14.4. The molecule has 2 rings (SSSR count). The van der Waals surface area contributed by atoms with Gasteiger partial charge >= 0.3 is 5.97 Å². The third-order valence-corrected chi connectivity index (χ3v) is 3.29. The first-order chi connectivity index (χ1) is 9.41. The second kappa shape index (κ2) is 5.53. The Hall–Kier alpha value is -2.03. The fourth-order valence-electron chi connectivity index (χ4n) is 1.53. The van der Waals surface area contributed by atoms with Gasteiger partial charge in [0.05, 0.1) is 11.4 Å². The summed E-state index contributed by atoms with van der Waals surface area (Å²) in [5.41, 5.74) is -0.278. The molecule has 1 heterocycles. The SMILES string of the molecule is Cc1nnc(SCC(=O)O)n1-c1ccc(F)c(F)c1F. The minimum atomic E-state index is -1.61. The smallest absolute Gasteiger partial charge is 0.313 e. The number of carboxylic acid groups (broad SMARTS) is 1. The van der Waals surface area contributed by atoms with Gasteiger partial charge in [0.15, 0.2) is 22.6 Å². The molecular formula is C11H8F3N3O2S. The first-order valence-corrected chi connectivity index (χ1v) is 6.31. The van der Waals surface area contributed by atoms with Gasteiger partial charge in [-0.2, -0.15) is 0 Å². The van der Waals surface area contributed by atoms with Crippen LogP contribution in [0.4, 0.5) is 13.2 Å². The second-order valence-corrected chi connectivity index (χ2v) is 4.68. The van der Waals surface area contributed by atoms with E-state index in [4.69, 9.17) is 5.11 Å². The van der Waals surface area contributed by atoms with Crippen molar-refractivity contribution in [3.8, 4) is 5.69 Å². The van der Waals surface area contributed by atoms with Crippen LogP contribution in [0.1, 0.15) is 5.82 Å². The molecule has 5 nitrogen and oxygen atoms in total. The molecule has 2 aromatic rings. The minimum absolute atomic E-state index is 0.0785. The van der Waals surface area contributed by atoms with Crippen molar-refractivity contribution in [3.63, 3.8) is 0 Å². The summed E-state index contributed by atoms with van der Waals surface area (Å²) in [7, 11) is 0. The zero-order valence-corrected chi connectivity index (χ0v) is 10.9. The summed E-state index contributed by atoms with van der Waals surface area (Å²) in [6.07, 6.45) is 0. The second-order valence-electron chi connectivity index (χ2n) is 3.74. The zero-order chi connectivity index (χ0) is 14.9. The van der Waals surface area contributed by atoms with Gasteiger partial charge in [-0.15, -0.1) is 10.2 Å². The summed E-state index contributed by atoms with van der Waals surface area (Å²) in [6.45, 7) is 1.48. The number of hydrogen-bond acceptors (Lipinski definition) is 4. The average Bonchev–Trinajstić information content (AvgIpc) is 2.75.